The molecule has 5 heterocycles. The van der Waals surface area contributed by atoms with Gasteiger partial charge in [-0.2, -0.15) is 0 Å². The molecule has 6 rings (SSSR count). The van der Waals surface area contributed by atoms with Gasteiger partial charge in [0.1, 0.15) is 42.5 Å². The first-order valence-corrected chi connectivity index (χ1v) is 12.7. The molecular formula is C26H34O11. The molecule has 0 radical (unpaired) electrons. The first-order chi connectivity index (χ1) is 17.6. The summed E-state index contributed by atoms with van der Waals surface area (Å²) in [5.41, 5.74) is 0.781. The van der Waals surface area contributed by atoms with E-state index in [9.17, 15) is 9.90 Å². The third kappa shape index (κ3) is 4.55. The van der Waals surface area contributed by atoms with Crippen molar-refractivity contribution in [2.45, 2.75) is 101 Å². The van der Waals surface area contributed by atoms with Gasteiger partial charge in [-0.3, -0.25) is 4.79 Å². The van der Waals surface area contributed by atoms with E-state index >= 15 is 0 Å². The molecular weight excluding hydrogens is 488 g/mol. The smallest absolute Gasteiger partial charge is 0.190 e. The first kappa shape index (κ1) is 25.8. The van der Waals surface area contributed by atoms with E-state index in [4.69, 9.17) is 42.6 Å². The minimum Gasteiger partial charge on any atom is -0.389 e. The van der Waals surface area contributed by atoms with Gasteiger partial charge in [0.15, 0.2) is 36.2 Å². The quantitative estimate of drug-likeness (QED) is 0.618. The zero-order chi connectivity index (χ0) is 26.1. The maximum absolute atomic E-state index is 13.9. The van der Waals surface area contributed by atoms with E-state index in [2.05, 4.69) is 0 Å². The highest BCUT2D eigenvalue weighted by Gasteiger charge is 2.64. The van der Waals surface area contributed by atoms with Gasteiger partial charge in [0.25, 0.3) is 0 Å². The van der Waals surface area contributed by atoms with Crippen LogP contribution in [0.1, 0.15) is 39.5 Å². The number of benzene rings is 1. The summed E-state index contributed by atoms with van der Waals surface area (Å²) in [4.78, 5) is 13.9. The van der Waals surface area contributed by atoms with Crippen LogP contribution in [0.4, 0.5) is 0 Å². The maximum atomic E-state index is 13.9. The lowest BCUT2D eigenvalue weighted by molar-refractivity contribution is -0.322. The third-order valence-corrected chi connectivity index (χ3v) is 7.43. The average molecular weight is 523 g/mol. The molecule has 0 saturated carbocycles. The van der Waals surface area contributed by atoms with Crippen molar-refractivity contribution >= 4 is 5.78 Å². The molecule has 37 heavy (non-hydrogen) atoms. The minimum absolute atomic E-state index is 0.137. The molecule has 0 aromatic heterocycles. The fraction of sp³-hybridized carbons (Fsp3) is 0.731. The Balaban J connectivity index is 1.26. The number of Topliss-reactive ketones (excluding diaryl/α,β-unsaturated/α-hetero) is 1. The van der Waals surface area contributed by atoms with E-state index in [1.165, 1.54) is 7.11 Å². The molecule has 1 aromatic rings. The van der Waals surface area contributed by atoms with Crippen LogP contribution in [0.5, 0.6) is 0 Å². The molecule has 5 aliphatic rings. The van der Waals surface area contributed by atoms with Crippen LogP contribution in [0.25, 0.3) is 0 Å². The summed E-state index contributed by atoms with van der Waals surface area (Å²) in [6, 6.07) is 9.34. The van der Waals surface area contributed by atoms with Gasteiger partial charge in [-0.1, -0.05) is 30.3 Å². The number of fused-ring (bicyclic) bond motifs is 4. The van der Waals surface area contributed by atoms with Crippen molar-refractivity contribution in [3.63, 3.8) is 0 Å². The van der Waals surface area contributed by atoms with Crippen LogP contribution in [0.15, 0.2) is 30.3 Å². The third-order valence-electron chi connectivity index (χ3n) is 7.43. The van der Waals surface area contributed by atoms with Crippen LogP contribution in [-0.2, 0) is 47.4 Å². The summed E-state index contributed by atoms with van der Waals surface area (Å²) in [6.45, 7) is 7.25. The Morgan fingerprint density at radius 3 is 2.32 bits per heavy atom. The number of methoxy groups -OCH3 is 1. The lowest BCUT2D eigenvalue weighted by Gasteiger charge is -2.47. The van der Waals surface area contributed by atoms with E-state index in [1.54, 1.807) is 27.7 Å². The number of rotatable bonds is 4. The summed E-state index contributed by atoms with van der Waals surface area (Å²) < 4.78 is 54.0. The number of ether oxygens (including phenoxy) is 9. The second kappa shape index (κ2) is 9.30. The second-order valence-corrected chi connectivity index (χ2v) is 11.0. The van der Waals surface area contributed by atoms with Crippen LogP contribution < -0.4 is 0 Å². The highest BCUT2D eigenvalue weighted by molar-refractivity contribution is 5.88. The van der Waals surface area contributed by atoms with E-state index in [1.807, 2.05) is 30.3 Å². The maximum Gasteiger partial charge on any atom is 0.190 e. The molecule has 11 nitrogen and oxygen atoms in total. The first-order valence-electron chi connectivity index (χ1n) is 12.7. The van der Waals surface area contributed by atoms with Gasteiger partial charge >= 0.3 is 0 Å². The molecule has 0 bridgehead atoms. The number of aliphatic hydroxyl groups is 1. The summed E-state index contributed by atoms with van der Waals surface area (Å²) in [7, 11) is 1.42. The summed E-state index contributed by atoms with van der Waals surface area (Å²) in [5, 5.41) is 11.7. The Kier molecular flexibility index (Phi) is 6.47. The number of carbonyl (C=O) groups excluding carboxylic acids is 1. The van der Waals surface area contributed by atoms with Crippen LogP contribution in [0.3, 0.4) is 0 Å². The van der Waals surface area contributed by atoms with Crippen molar-refractivity contribution in [2.75, 3.05) is 13.7 Å². The van der Waals surface area contributed by atoms with Crippen molar-refractivity contribution in [2.24, 2.45) is 5.92 Å². The van der Waals surface area contributed by atoms with Crippen molar-refractivity contribution < 1.29 is 52.5 Å². The molecule has 11 atom stereocenters. The summed E-state index contributed by atoms with van der Waals surface area (Å²) in [6.07, 6.45) is -8.45. The van der Waals surface area contributed by atoms with Gasteiger partial charge in [-0.25, -0.2) is 0 Å². The monoisotopic (exact) mass is 522 g/mol. The molecule has 1 aromatic carbocycles. The number of hydrogen-bond donors (Lipinski definition) is 1. The topological polar surface area (TPSA) is 120 Å². The second-order valence-electron chi connectivity index (χ2n) is 11.0. The molecule has 5 aliphatic heterocycles. The van der Waals surface area contributed by atoms with E-state index in [0.29, 0.717) is 0 Å². The zero-order valence-electron chi connectivity index (χ0n) is 21.5. The molecule has 0 aliphatic carbocycles. The van der Waals surface area contributed by atoms with E-state index < -0.39 is 79.1 Å². The predicted molar refractivity (Wildman–Crippen MR) is 123 cm³/mol. The van der Waals surface area contributed by atoms with Gasteiger partial charge in [0.05, 0.1) is 12.7 Å². The Bertz CT molecular complexity index is 999. The van der Waals surface area contributed by atoms with Crippen LogP contribution in [0, 0.1) is 5.92 Å². The zero-order valence-corrected chi connectivity index (χ0v) is 21.5. The van der Waals surface area contributed by atoms with Gasteiger partial charge in [0.2, 0.25) is 0 Å². The van der Waals surface area contributed by atoms with E-state index in [-0.39, 0.29) is 12.4 Å². The Labute approximate surface area is 215 Å². The van der Waals surface area contributed by atoms with Crippen LogP contribution in [-0.4, -0.2) is 91.5 Å². The van der Waals surface area contributed by atoms with Gasteiger partial charge in [0, 0.05) is 12.7 Å². The fourth-order valence-corrected chi connectivity index (χ4v) is 5.91. The number of hydrogen-bond acceptors (Lipinski definition) is 11. The normalized spacial score (nSPS) is 45.1. The number of carbonyl (C=O) groups is 1. The fourth-order valence-electron chi connectivity index (χ4n) is 5.91. The molecule has 1 N–H and O–H groups in total. The summed E-state index contributed by atoms with van der Waals surface area (Å²) >= 11 is 0. The SMILES string of the molecule is CO[C@H]1O[C@@H]2CO[C@@H](c3ccccc3)O[C@H]2C(=O)[C@@H]1[C@@H](O)[C@@H]1O[C@H]2OC(C)(C)O[C@H]2[C@@H]2OC(C)(C)O[C@@H]21. The Hall–Kier alpha value is -1.51. The minimum atomic E-state index is -1.38. The van der Waals surface area contributed by atoms with Crippen molar-refractivity contribution in [1.82, 2.24) is 0 Å². The van der Waals surface area contributed by atoms with Crippen LogP contribution >= 0.6 is 0 Å². The van der Waals surface area contributed by atoms with Crippen LogP contribution in [0.2, 0.25) is 0 Å². The highest BCUT2D eigenvalue weighted by atomic mass is 16.9. The Morgan fingerprint density at radius 2 is 1.59 bits per heavy atom. The Morgan fingerprint density at radius 1 is 0.919 bits per heavy atom. The number of aliphatic hydroxyl groups excluding tert-OH is 1. The lowest BCUT2D eigenvalue weighted by atomic mass is 9.82. The number of ketones is 1. The van der Waals surface area contributed by atoms with Crippen molar-refractivity contribution in [3.05, 3.63) is 35.9 Å². The van der Waals surface area contributed by atoms with E-state index in [0.717, 1.165) is 5.56 Å². The largest absolute Gasteiger partial charge is 0.389 e. The van der Waals surface area contributed by atoms with Crippen molar-refractivity contribution in [3.8, 4) is 0 Å². The molecule has 204 valence electrons. The highest BCUT2D eigenvalue weighted by Crippen LogP contribution is 2.46. The van der Waals surface area contributed by atoms with Gasteiger partial charge in [-0.05, 0) is 27.7 Å². The molecule has 0 unspecified atom stereocenters. The predicted octanol–water partition coefficient (Wildman–Crippen LogP) is 1.41. The molecule has 0 amide bonds. The standard InChI is InChI=1S/C26H34O11/c1-25(2)34-19-18(33-24-21(20(19)35-25)36-26(3,4)37-24)16(28)14-15(27)17-13(31-23(14)29-5)11-30-22(32-17)12-9-7-6-8-10-12/h6-10,13-14,16-24,28H,11H2,1-5H3/t13-,14-,16-,17-,18+,19-,20-,21+,22-,23+,24+/m1/s1. The summed E-state index contributed by atoms with van der Waals surface area (Å²) in [5.74, 6) is -3.34. The molecule has 5 saturated heterocycles. The molecule has 0 spiro atoms. The van der Waals surface area contributed by atoms with Gasteiger partial charge in [-0.15, -0.1) is 0 Å². The molecule has 5 fully saturated rings. The van der Waals surface area contributed by atoms with Gasteiger partial charge < -0.3 is 47.7 Å². The lowest BCUT2D eigenvalue weighted by Crippen LogP contribution is -2.65. The average Bonchev–Trinajstić information content (AvgIpc) is 3.37. The molecule has 11 heteroatoms. The van der Waals surface area contributed by atoms with Crippen molar-refractivity contribution in [1.29, 1.82) is 0 Å².